The van der Waals surface area contributed by atoms with Gasteiger partial charge in [0.25, 0.3) is 5.69 Å². The van der Waals surface area contributed by atoms with E-state index in [2.05, 4.69) is 0 Å². The summed E-state index contributed by atoms with van der Waals surface area (Å²) in [5.74, 6) is -1.21. The quantitative estimate of drug-likeness (QED) is 0.651. The van der Waals surface area contributed by atoms with Gasteiger partial charge in [0.1, 0.15) is 0 Å². The third-order valence-corrected chi connectivity index (χ3v) is 2.90. The lowest BCUT2D eigenvalue weighted by molar-refractivity contribution is -0.384. The molecule has 0 saturated carbocycles. The fourth-order valence-electron chi connectivity index (χ4n) is 1.86. The summed E-state index contributed by atoms with van der Waals surface area (Å²) in [5, 5.41) is 19.8. The fourth-order valence-corrected chi connectivity index (χ4v) is 1.86. The Morgan fingerprint density at radius 1 is 1.14 bits per heavy atom. The number of aromatic carboxylic acids is 1. The molecule has 21 heavy (non-hydrogen) atoms. The fraction of sp³-hybridized carbons (Fsp3) is 0.133. The van der Waals surface area contributed by atoms with Gasteiger partial charge >= 0.3 is 5.97 Å². The van der Waals surface area contributed by atoms with Crippen LogP contribution < -0.4 is 0 Å². The first-order valence-electron chi connectivity index (χ1n) is 6.20. The molecule has 6 nitrogen and oxygen atoms in total. The molecule has 1 N–H and O–H groups in total. The second kappa shape index (κ2) is 6.62. The summed E-state index contributed by atoms with van der Waals surface area (Å²) in [6.07, 6.45) is 0. The molecule has 0 unspecified atom stereocenters. The van der Waals surface area contributed by atoms with E-state index in [1.807, 2.05) is 30.3 Å². The summed E-state index contributed by atoms with van der Waals surface area (Å²) in [4.78, 5) is 21.2. The summed E-state index contributed by atoms with van der Waals surface area (Å²) in [7, 11) is 0. The van der Waals surface area contributed by atoms with Gasteiger partial charge in [0.15, 0.2) is 0 Å². The number of carboxylic acid groups (broad SMARTS) is 1. The van der Waals surface area contributed by atoms with Crippen LogP contribution in [-0.4, -0.2) is 16.0 Å². The standard InChI is InChI=1S/C15H13NO5/c17-15(18)14-8-13(16(19)20)7-6-12(14)10-21-9-11-4-2-1-3-5-11/h1-8H,9-10H2,(H,17,18). The van der Waals surface area contributed by atoms with Crippen molar-refractivity contribution in [3.8, 4) is 0 Å². The van der Waals surface area contributed by atoms with Crippen molar-refractivity contribution in [3.63, 3.8) is 0 Å². The molecular weight excluding hydrogens is 274 g/mol. The van der Waals surface area contributed by atoms with E-state index in [9.17, 15) is 14.9 Å². The molecule has 0 fully saturated rings. The summed E-state index contributed by atoms with van der Waals surface area (Å²) in [6.45, 7) is 0.422. The average Bonchev–Trinajstić information content (AvgIpc) is 2.48. The second-order valence-electron chi connectivity index (χ2n) is 4.38. The van der Waals surface area contributed by atoms with E-state index in [4.69, 9.17) is 9.84 Å². The van der Waals surface area contributed by atoms with E-state index in [0.717, 1.165) is 11.6 Å². The normalized spacial score (nSPS) is 10.3. The van der Waals surface area contributed by atoms with E-state index in [0.29, 0.717) is 12.2 Å². The van der Waals surface area contributed by atoms with Crippen molar-refractivity contribution in [2.75, 3.05) is 0 Å². The van der Waals surface area contributed by atoms with Crippen molar-refractivity contribution < 1.29 is 19.6 Å². The van der Waals surface area contributed by atoms with E-state index in [1.165, 1.54) is 12.1 Å². The first kappa shape index (κ1) is 14.7. The maximum atomic E-state index is 11.2. The number of carbonyl (C=O) groups is 1. The number of nitro benzene ring substituents is 1. The minimum atomic E-state index is -1.21. The van der Waals surface area contributed by atoms with Gasteiger partial charge in [-0.25, -0.2) is 4.79 Å². The van der Waals surface area contributed by atoms with Crippen molar-refractivity contribution >= 4 is 11.7 Å². The van der Waals surface area contributed by atoms with Gasteiger partial charge in [-0.15, -0.1) is 0 Å². The molecule has 2 aromatic rings. The largest absolute Gasteiger partial charge is 0.478 e. The Bertz CT molecular complexity index is 654. The van der Waals surface area contributed by atoms with Gasteiger partial charge in [-0.1, -0.05) is 30.3 Å². The zero-order valence-electron chi connectivity index (χ0n) is 11.1. The summed E-state index contributed by atoms with van der Waals surface area (Å²) >= 11 is 0. The number of nitro groups is 1. The zero-order valence-corrected chi connectivity index (χ0v) is 11.1. The van der Waals surface area contributed by atoms with Crippen molar-refractivity contribution in [1.82, 2.24) is 0 Å². The van der Waals surface area contributed by atoms with Gasteiger partial charge in [-0.2, -0.15) is 0 Å². The topological polar surface area (TPSA) is 89.7 Å². The molecule has 0 bridgehead atoms. The van der Waals surface area contributed by atoms with Crippen LogP contribution in [-0.2, 0) is 18.0 Å². The molecular formula is C15H13NO5. The van der Waals surface area contributed by atoms with Crippen LogP contribution in [0.4, 0.5) is 5.69 Å². The highest BCUT2D eigenvalue weighted by atomic mass is 16.6. The SMILES string of the molecule is O=C(O)c1cc([N+](=O)[O-])ccc1COCc1ccccc1. The van der Waals surface area contributed by atoms with Gasteiger partial charge in [0.2, 0.25) is 0 Å². The number of benzene rings is 2. The lowest BCUT2D eigenvalue weighted by Crippen LogP contribution is -2.05. The maximum Gasteiger partial charge on any atom is 0.336 e. The smallest absolute Gasteiger partial charge is 0.336 e. The Morgan fingerprint density at radius 2 is 1.86 bits per heavy atom. The molecule has 0 heterocycles. The van der Waals surface area contributed by atoms with Gasteiger partial charge in [0, 0.05) is 12.1 Å². The molecule has 0 aliphatic carbocycles. The van der Waals surface area contributed by atoms with Crippen LogP contribution in [0.15, 0.2) is 48.5 Å². The van der Waals surface area contributed by atoms with Crippen molar-refractivity contribution in [3.05, 3.63) is 75.3 Å². The second-order valence-corrected chi connectivity index (χ2v) is 4.38. The highest BCUT2D eigenvalue weighted by Crippen LogP contribution is 2.19. The number of carboxylic acids is 1. The van der Waals surface area contributed by atoms with Crippen LogP contribution in [0.1, 0.15) is 21.5 Å². The number of rotatable bonds is 6. The van der Waals surface area contributed by atoms with Crippen LogP contribution in [0.25, 0.3) is 0 Å². The molecule has 0 aliphatic heterocycles. The Kier molecular flexibility index (Phi) is 4.63. The van der Waals surface area contributed by atoms with Crippen LogP contribution in [0.3, 0.4) is 0 Å². The highest BCUT2D eigenvalue weighted by molar-refractivity contribution is 5.90. The molecule has 0 amide bonds. The predicted octanol–water partition coefficient (Wildman–Crippen LogP) is 3.01. The Morgan fingerprint density at radius 3 is 2.48 bits per heavy atom. The molecule has 0 radical (unpaired) electrons. The van der Waals surface area contributed by atoms with Crippen molar-refractivity contribution in [1.29, 1.82) is 0 Å². The molecule has 6 heteroatoms. The molecule has 2 aromatic carbocycles. The minimum Gasteiger partial charge on any atom is -0.478 e. The van der Waals surface area contributed by atoms with Crippen LogP contribution in [0.2, 0.25) is 0 Å². The summed E-state index contributed by atoms with van der Waals surface area (Å²) in [6, 6.07) is 13.2. The molecule has 108 valence electrons. The van der Waals surface area contributed by atoms with E-state index >= 15 is 0 Å². The number of hydrogen-bond donors (Lipinski definition) is 1. The highest BCUT2D eigenvalue weighted by Gasteiger charge is 2.15. The third-order valence-electron chi connectivity index (χ3n) is 2.90. The van der Waals surface area contributed by atoms with E-state index < -0.39 is 10.9 Å². The predicted molar refractivity (Wildman–Crippen MR) is 75.0 cm³/mol. The molecule has 0 aliphatic rings. The van der Waals surface area contributed by atoms with Gasteiger partial charge in [-0.3, -0.25) is 10.1 Å². The Labute approximate surface area is 120 Å². The first-order valence-corrected chi connectivity index (χ1v) is 6.20. The average molecular weight is 287 g/mol. The maximum absolute atomic E-state index is 11.2. The first-order chi connectivity index (χ1) is 10.1. The van der Waals surface area contributed by atoms with Crippen LogP contribution in [0.5, 0.6) is 0 Å². The summed E-state index contributed by atoms with van der Waals surface area (Å²) < 4.78 is 5.46. The number of nitrogens with zero attached hydrogens (tertiary/aromatic N) is 1. The molecule has 0 atom stereocenters. The van der Waals surface area contributed by atoms with Gasteiger partial charge < -0.3 is 9.84 Å². The third kappa shape index (κ3) is 3.87. The molecule has 0 aromatic heterocycles. The number of ether oxygens (including phenoxy) is 1. The van der Waals surface area contributed by atoms with Gasteiger partial charge in [-0.05, 0) is 17.2 Å². The molecule has 0 saturated heterocycles. The van der Waals surface area contributed by atoms with E-state index in [1.54, 1.807) is 0 Å². The molecule has 2 rings (SSSR count). The molecule has 0 spiro atoms. The lowest BCUT2D eigenvalue weighted by atomic mass is 10.1. The Hall–Kier alpha value is -2.73. The summed E-state index contributed by atoms with van der Waals surface area (Å²) in [5.41, 5.74) is 1.01. The van der Waals surface area contributed by atoms with Crippen LogP contribution >= 0.6 is 0 Å². The number of hydrogen-bond acceptors (Lipinski definition) is 4. The lowest BCUT2D eigenvalue weighted by Gasteiger charge is -2.07. The Balaban J connectivity index is 2.09. The zero-order chi connectivity index (χ0) is 15.2. The monoisotopic (exact) mass is 287 g/mol. The van der Waals surface area contributed by atoms with E-state index in [-0.39, 0.29) is 17.9 Å². The minimum absolute atomic E-state index is 0.0779. The van der Waals surface area contributed by atoms with Crippen molar-refractivity contribution in [2.24, 2.45) is 0 Å². The van der Waals surface area contributed by atoms with Crippen molar-refractivity contribution in [2.45, 2.75) is 13.2 Å². The van der Waals surface area contributed by atoms with Gasteiger partial charge in [0.05, 0.1) is 23.7 Å². The number of non-ortho nitro benzene ring substituents is 1. The van der Waals surface area contributed by atoms with Crippen LogP contribution in [0, 0.1) is 10.1 Å².